The standard InChI is InChI=1S/C13H16Cl2FN3O2/c14-10-7-9(8-11(15)12(10)16)17-13(21)19-3-1-18(2-4-19)5-6-20/h7-8,20H,1-6H2,(H,17,21). The van der Waals surface area contributed by atoms with Gasteiger partial charge >= 0.3 is 6.03 Å². The number of nitrogens with one attached hydrogen (secondary N) is 1. The van der Waals surface area contributed by atoms with E-state index in [1.54, 1.807) is 4.90 Å². The highest BCUT2D eigenvalue weighted by atomic mass is 35.5. The molecule has 5 nitrogen and oxygen atoms in total. The summed E-state index contributed by atoms with van der Waals surface area (Å²) >= 11 is 11.4. The molecule has 0 bridgehead atoms. The maximum absolute atomic E-state index is 13.3. The summed E-state index contributed by atoms with van der Waals surface area (Å²) in [6, 6.07) is 2.36. The number of carbonyl (C=O) groups is 1. The second-order valence-corrected chi connectivity index (χ2v) is 5.55. The van der Waals surface area contributed by atoms with Gasteiger partial charge in [0, 0.05) is 38.4 Å². The van der Waals surface area contributed by atoms with Gasteiger partial charge in [-0.15, -0.1) is 0 Å². The maximum Gasteiger partial charge on any atom is 0.321 e. The first kappa shape index (κ1) is 16.3. The second kappa shape index (κ2) is 7.26. The SMILES string of the molecule is O=C(Nc1cc(Cl)c(F)c(Cl)c1)N1CCN(CCO)CC1. The van der Waals surface area contributed by atoms with Crippen LogP contribution >= 0.6 is 23.2 Å². The average Bonchev–Trinajstić information content (AvgIpc) is 2.45. The van der Waals surface area contributed by atoms with E-state index < -0.39 is 5.82 Å². The van der Waals surface area contributed by atoms with Crippen LogP contribution in [0.25, 0.3) is 0 Å². The topological polar surface area (TPSA) is 55.8 Å². The molecule has 0 aliphatic carbocycles. The summed E-state index contributed by atoms with van der Waals surface area (Å²) < 4.78 is 13.3. The highest BCUT2D eigenvalue weighted by Gasteiger charge is 2.21. The van der Waals surface area contributed by atoms with E-state index in [9.17, 15) is 9.18 Å². The zero-order valence-electron chi connectivity index (χ0n) is 11.3. The quantitative estimate of drug-likeness (QED) is 0.833. The monoisotopic (exact) mass is 335 g/mol. The number of β-amino-alcohol motifs (C(OH)–C–C–N with tert-alkyl or cyclic N) is 1. The summed E-state index contributed by atoms with van der Waals surface area (Å²) in [4.78, 5) is 15.8. The lowest BCUT2D eigenvalue weighted by atomic mass is 10.3. The molecule has 2 rings (SSSR count). The van der Waals surface area contributed by atoms with Gasteiger partial charge in [-0.1, -0.05) is 23.2 Å². The van der Waals surface area contributed by atoms with Crippen molar-refractivity contribution in [2.45, 2.75) is 0 Å². The van der Waals surface area contributed by atoms with Crippen molar-refractivity contribution >= 4 is 34.9 Å². The number of amides is 2. The van der Waals surface area contributed by atoms with Crippen LogP contribution in [0.3, 0.4) is 0 Å². The number of carbonyl (C=O) groups excluding carboxylic acids is 1. The molecule has 21 heavy (non-hydrogen) atoms. The fourth-order valence-corrected chi connectivity index (χ4v) is 2.63. The Bertz CT molecular complexity index is 499. The van der Waals surface area contributed by atoms with Crippen LogP contribution in [-0.4, -0.2) is 60.3 Å². The van der Waals surface area contributed by atoms with Gasteiger partial charge < -0.3 is 15.3 Å². The molecule has 1 fully saturated rings. The molecule has 116 valence electrons. The molecule has 0 unspecified atom stereocenters. The predicted octanol–water partition coefficient (Wildman–Crippen LogP) is 2.27. The van der Waals surface area contributed by atoms with Crippen LogP contribution in [-0.2, 0) is 0 Å². The molecule has 1 aromatic rings. The molecule has 1 aliphatic rings. The lowest BCUT2D eigenvalue weighted by Crippen LogP contribution is -2.50. The number of hydrogen-bond donors (Lipinski definition) is 2. The summed E-state index contributed by atoms with van der Waals surface area (Å²) in [5.41, 5.74) is 0.356. The van der Waals surface area contributed by atoms with Crippen molar-refractivity contribution in [3.05, 3.63) is 28.0 Å². The summed E-state index contributed by atoms with van der Waals surface area (Å²) in [7, 11) is 0. The van der Waals surface area contributed by atoms with Crippen LogP contribution in [0.1, 0.15) is 0 Å². The van der Waals surface area contributed by atoms with Gasteiger partial charge in [-0.3, -0.25) is 4.90 Å². The van der Waals surface area contributed by atoms with E-state index in [-0.39, 0.29) is 22.7 Å². The maximum atomic E-state index is 13.3. The number of hydrogen-bond acceptors (Lipinski definition) is 3. The number of anilines is 1. The van der Waals surface area contributed by atoms with Crippen LogP contribution in [0.2, 0.25) is 10.0 Å². The molecule has 0 atom stereocenters. The Kier molecular flexibility index (Phi) is 5.64. The summed E-state index contributed by atoms with van der Waals surface area (Å²) in [6.45, 7) is 3.26. The van der Waals surface area contributed by atoms with E-state index in [1.165, 1.54) is 12.1 Å². The van der Waals surface area contributed by atoms with Crippen molar-refractivity contribution < 1.29 is 14.3 Å². The fraction of sp³-hybridized carbons (Fsp3) is 0.462. The fourth-order valence-electron chi connectivity index (χ4n) is 2.15. The normalized spacial score (nSPS) is 16.1. The Morgan fingerprint density at radius 1 is 1.24 bits per heavy atom. The molecule has 0 radical (unpaired) electrons. The number of aliphatic hydroxyl groups is 1. The van der Waals surface area contributed by atoms with Gasteiger partial charge in [-0.25, -0.2) is 9.18 Å². The van der Waals surface area contributed by atoms with E-state index in [2.05, 4.69) is 10.2 Å². The molecule has 0 saturated carbocycles. The number of aliphatic hydroxyl groups excluding tert-OH is 1. The average molecular weight is 336 g/mol. The number of rotatable bonds is 3. The zero-order valence-corrected chi connectivity index (χ0v) is 12.8. The Morgan fingerprint density at radius 3 is 2.33 bits per heavy atom. The lowest BCUT2D eigenvalue weighted by Gasteiger charge is -2.34. The lowest BCUT2D eigenvalue weighted by molar-refractivity contribution is 0.127. The summed E-state index contributed by atoms with van der Waals surface area (Å²) in [5.74, 6) is -0.700. The first-order valence-corrected chi connectivity index (χ1v) is 7.30. The Labute approximate surface area is 132 Å². The van der Waals surface area contributed by atoms with Crippen molar-refractivity contribution in [1.82, 2.24) is 9.80 Å². The third-order valence-corrected chi connectivity index (χ3v) is 3.86. The van der Waals surface area contributed by atoms with E-state index >= 15 is 0 Å². The third kappa shape index (κ3) is 4.20. The van der Waals surface area contributed by atoms with Crippen LogP contribution in [0.4, 0.5) is 14.9 Å². The molecule has 0 aromatic heterocycles. The van der Waals surface area contributed by atoms with Crippen LogP contribution in [0.15, 0.2) is 12.1 Å². The first-order valence-electron chi connectivity index (χ1n) is 6.55. The largest absolute Gasteiger partial charge is 0.395 e. The third-order valence-electron chi connectivity index (χ3n) is 3.31. The molecule has 2 N–H and O–H groups in total. The van der Waals surface area contributed by atoms with Gasteiger partial charge in [0.25, 0.3) is 0 Å². The predicted molar refractivity (Wildman–Crippen MR) is 80.5 cm³/mol. The molecule has 1 heterocycles. The minimum absolute atomic E-state index is 0.110. The van der Waals surface area contributed by atoms with E-state index in [4.69, 9.17) is 28.3 Å². The number of benzene rings is 1. The van der Waals surface area contributed by atoms with Gasteiger partial charge in [0.15, 0.2) is 5.82 Å². The van der Waals surface area contributed by atoms with E-state index in [1.807, 2.05) is 0 Å². The van der Waals surface area contributed by atoms with Crippen molar-refractivity contribution in [3.8, 4) is 0 Å². The second-order valence-electron chi connectivity index (χ2n) is 4.74. The van der Waals surface area contributed by atoms with Crippen molar-refractivity contribution in [1.29, 1.82) is 0 Å². The number of piperazine rings is 1. The van der Waals surface area contributed by atoms with Gasteiger partial charge in [-0.05, 0) is 12.1 Å². The molecule has 0 spiro atoms. The van der Waals surface area contributed by atoms with Crippen molar-refractivity contribution in [3.63, 3.8) is 0 Å². The van der Waals surface area contributed by atoms with Gasteiger partial charge in [0.2, 0.25) is 0 Å². The van der Waals surface area contributed by atoms with Gasteiger partial charge in [0.05, 0.1) is 16.7 Å². The molecular weight excluding hydrogens is 320 g/mol. The summed E-state index contributed by atoms with van der Waals surface area (Å²) in [6.07, 6.45) is 0. The molecule has 8 heteroatoms. The number of halogens is 3. The van der Waals surface area contributed by atoms with Gasteiger partial charge in [-0.2, -0.15) is 0 Å². The zero-order chi connectivity index (χ0) is 15.4. The van der Waals surface area contributed by atoms with Crippen LogP contribution < -0.4 is 5.32 Å². The van der Waals surface area contributed by atoms with Crippen molar-refractivity contribution in [2.24, 2.45) is 0 Å². The van der Waals surface area contributed by atoms with Crippen LogP contribution in [0.5, 0.6) is 0 Å². The van der Waals surface area contributed by atoms with Crippen LogP contribution in [0, 0.1) is 5.82 Å². The summed E-state index contributed by atoms with van der Waals surface area (Å²) in [5, 5.41) is 11.3. The minimum atomic E-state index is -0.700. The first-order chi connectivity index (χ1) is 10.0. The molecule has 1 saturated heterocycles. The van der Waals surface area contributed by atoms with Gasteiger partial charge in [0.1, 0.15) is 0 Å². The molecule has 2 amide bonds. The van der Waals surface area contributed by atoms with Crippen molar-refractivity contribution in [2.75, 3.05) is 44.6 Å². The molecule has 1 aromatic carbocycles. The van der Waals surface area contributed by atoms with E-state index in [0.717, 1.165) is 0 Å². The minimum Gasteiger partial charge on any atom is -0.395 e. The highest BCUT2D eigenvalue weighted by molar-refractivity contribution is 6.35. The smallest absolute Gasteiger partial charge is 0.321 e. The Balaban J connectivity index is 1.93. The number of nitrogens with zero attached hydrogens (tertiary/aromatic N) is 2. The van der Waals surface area contributed by atoms with E-state index in [0.29, 0.717) is 38.4 Å². The highest BCUT2D eigenvalue weighted by Crippen LogP contribution is 2.27. The molecular formula is C13H16Cl2FN3O2. The number of urea groups is 1. The Hall–Kier alpha value is -1.08. The Morgan fingerprint density at radius 2 is 1.81 bits per heavy atom. The molecule has 1 aliphatic heterocycles.